The highest BCUT2D eigenvalue weighted by atomic mass is 16.5. The highest BCUT2D eigenvalue weighted by Gasteiger charge is 2.35. The van der Waals surface area contributed by atoms with Crippen molar-refractivity contribution >= 4 is 0 Å². The SMILES string of the molecule is CCC1CN(CCOCCC(C)C)C(C)(CC)CN1. The third-order valence-electron chi connectivity index (χ3n) is 4.58. The molecule has 1 aliphatic rings. The molecule has 19 heavy (non-hydrogen) atoms. The van der Waals surface area contributed by atoms with Gasteiger partial charge >= 0.3 is 0 Å². The van der Waals surface area contributed by atoms with E-state index in [2.05, 4.69) is 44.8 Å². The van der Waals surface area contributed by atoms with Gasteiger partial charge in [0.2, 0.25) is 0 Å². The van der Waals surface area contributed by atoms with E-state index in [-0.39, 0.29) is 0 Å². The Hall–Kier alpha value is -0.120. The highest BCUT2D eigenvalue weighted by molar-refractivity contribution is 4.94. The monoisotopic (exact) mass is 270 g/mol. The van der Waals surface area contributed by atoms with Gasteiger partial charge in [-0.15, -0.1) is 0 Å². The first-order chi connectivity index (χ1) is 9.01. The molecule has 0 bridgehead atoms. The van der Waals surface area contributed by atoms with E-state index in [1.54, 1.807) is 0 Å². The van der Waals surface area contributed by atoms with Gasteiger partial charge in [0.05, 0.1) is 6.61 Å². The lowest BCUT2D eigenvalue weighted by Gasteiger charge is -2.47. The fourth-order valence-electron chi connectivity index (χ4n) is 2.61. The van der Waals surface area contributed by atoms with Crippen LogP contribution in [0, 0.1) is 5.92 Å². The molecular formula is C16H34N2O. The van der Waals surface area contributed by atoms with Crippen molar-refractivity contribution in [2.45, 2.75) is 65.5 Å². The summed E-state index contributed by atoms with van der Waals surface area (Å²) in [5.74, 6) is 0.740. The minimum Gasteiger partial charge on any atom is -0.380 e. The molecule has 1 heterocycles. The lowest BCUT2D eigenvalue weighted by molar-refractivity contribution is 0.0150. The fraction of sp³-hybridized carbons (Fsp3) is 1.00. The van der Waals surface area contributed by atoms with Crippen molar-refractivity contribution in [3.63, 3.8) is 0 Å². The Morgan fingerprint density at radius 1 is 1.32 bits per heavy atom. The number of hydrogen-bond acceptors (Lipinski definition) is 3. The van der Waals surface area contributed by atoms with Crippen molar-refractivity contribution < 1.29 is 4.74 Å². The number of nitrogens with one attached hydrogen (secondary N) is 1. The molecule has 1 saturated heterocycles. The van der Waals surface area contributed by atoms with E-state index in [9.17, 15) is 0 Å². The van der Waals surface area contributed by atoms with Gasteiger partial charge < -0.3 is 10.1 Å². The van der Waals surface area contributed by atoms with Gasteiger partial charge in [-0.3, -0.25) is 4.90 Å². The lowest BCUT2D eigenvalue weighted by atomic mass is 9.91. The zero-order chi connectivity index (χ0) is 14.3. The third kappa shape index (κ3) is 5.41. The summed E-state index contributed by atoms with van der Waals surface area (Å²) in [6.45, 7) is 16.6. The van der Waals surface area contributed by atoms with Crippen LogP contribution < -0.4 is 5.32 Å². The van der Waals surface area contributed by atoms with Crippen LogP contribution in [0.3, 0.4) is 0 Å². The molecule has 1 N–H and O–H groups in total. The maximum Gasteiger partial charge on any atom is 0.0593 e. The molecule has 0 spiro atoms. The van der Waals surface area contributed by atoms with Gasteiger partial charge in [-0.05, 0) is 32.1 Å². The Kier molecular flexibility index (Phi) is 7.33. The second-order valence-electron chi connectivity index (χ2n) is 6.58. The average molecular weight is 270 g/mol. The fourth-order valence-corrected chi connectivity index (χ4v) is 2.61. The molecule has 3 heteroatoms. The minimum atomic E-state index is 0.299. The Morgan fingerprint density at radius 3 is 2.63 bits per heavy atom. The van der Waals surface area contributed by atoms with E-state index in [1.165, 1.54) is 19.3 Å². The molecule has 0 amide bonds. The first-order valence-electron chi connectivity index (χ1n) is 8.08. The molecule has 2 atom stereocenters. The highest BCUT2D eigenvalue weighted by Crippen LogP contribution is 2.23. The van der Waals surface area contributed by atoms with E-state index in [4.69, 9.17) is 4.74 Å². The predicted molar refractivity (Wildman–Crippen MR) is 82.6 cm³/mol. The Bertz CT molecular complexity index is 245. The van der Waals surface area contributed by atoms with E-state index in [0.717, 1.165) is 38.8 Å². The molecule has 0 aromatic carbocycles. The molecule has 114 valence electrons. The number of nitrogens with zero attached hydrogens (tertiary/aromatic N) is 1. The normalized spacial score (nSPS) is 29.1. The first kappa shape index (κ1) is 16.9. The van der Waals surface area contributed by atoms with Gasteiger partial charge in [-0.25, -0.2) is 0 Å². The van der Waals surface area contributed by atoms with E-state index < -0.39 is 0 Å². The van der Waals surface area contributed by atoms with Crippen LogP contribution in [-0.2, 0) is 4.74 Å². The van der Waals surface area contributed by atoms with Gasteiger partial charge in [-0.1, -0.05) is 27.7 Å². The summed E-state index contributed by atoms with van der Waals surface area (Å²) in [4.78, 5) is 2.63. The van der Waals surface area contributed by atoms with Crippen molar-refractivity contribution in [2.24, 2.45) is 5.92 Å². The maximum atomic E-state index is 5.79. The van der Waals surface area contributed by atoms with E-state index in [1.807, 2.05) is 0 Å². The van der Waals surface area contributed by atoms with Gasteiger partial charge in [0.15, 0.2) is 0 Å². The molecule has 0 saturated carbocycles. The summed E-state index contributed by atoms with van der Waals surface area (Å²) in [5, 5.41) is 3.67. The number of ether oxygens (including phenoxy) is 1. The van der Waals surface area contributed by atoms with Crippen LogP contribution >= 0.6 is 0 Å². The smallest absolute Gasteiger partial charge is 0.0593 e. The third-order valence-corrected chi connectivity index (χ3v) is 4.58. The summed E-state index contributed by atoms with van der Waals surface area (Å²) in [6.07, 6.45) is 3.58. The van der Waals surface area contributed by atoms with Crippen LogP contribution in [-0.4, -0.2) is 49.3 Å². The summed E-state index contributed by atoms with van der Waals surface area (Å²) in [5.41, 5.74) is 0.299. The molecule has 0 aliphatic carbocycles. The van der Waals surface area contributed by atoms with Gasteiger partial charge in [0, 0.05) is 37.8 Å². The second kappa shape index (κ2) is 8.23. The molecule has 0 radical (unpaired) electrons. The lowest BCUT2D eigenvalue weighted by Crippen LogP contribution is -2.63. The quantitative estimate of drug-likeness (QED) is 0.686. The van der Waals surface area contributed by atoms with Crippen molar-refractivity contribution in [1.82, 2.24) is 10.2 Å². The topological polar surface area (TPSA) is 24.5 Å². The number of rotatable bonds is 8. The summed E-state index contributed by atoms with van der Waals surface area (Å²) in [6, 6.07) is 0.648. The molecule has 0 aromatic heterocycles. The molecule has 1 aliphatic heterocycles. The van der Waals surface area contributed by atoms with Crippen LogP contribution in [0.25, 0.3) is 0 Å². The standard InChI is InChI=1S/C16H34N2O/c1-6-15-12-18(16(5,7-2)13-17-15)9-11-19-10-8-14(3)4/h14-15,17H,6-13H2,1-5H3. The molecule has 3 nitrogen and oxygen atoms in total. The summed E-state index contributed by atoms with van der Waals surface area (Å²) < 4.78 is 5.79. The van der Waals surface area contributed by atoms with Crippen LogP contribution in [0.15, 0.2) is 0 Å². The van der Waals surface area contributed by atoms with Crippen molar-refractivity contribution in [3.8, 4) is 0 Å². The van der Waals surface area contributed by atoms with Crippen LogP contribution in [0.1, 0.15) is 53.9 Å². The predicted octanol–water partition coefficient (Wildman–Crippen LogP) is 2.90. The second-order valence-corrected chi connectivity index (χ2v) is 6.58. The Labute approximate surface area is 120 Å². The van der Waals surface area contributed by atoms with Gasteiger partial charge in [0.25, 0.3) is 0 Å². The molecule has 1 fully saturated rings. The molecule has 1 rings (SSSR count). The van der Waals surface area contributed by atoms with Crippen LogP contribution in [0.5, 0.6) is 0 Å². The summed E-state index contributed by atoms with van der Waals surface area (Å²) >= 11 is 0. The number of piperazine rings is 1. The van der Waals surface area contributed by atoms with E-state index >= 15 is 0 Å². The Morgan fingerprint density at radius 2 is 2.05 bits per heavy atom. The number of hydrogen-bond donors (Lipinski definition) is 1. The van der Waals surface area contributed by atoms with Gasteiger partial charge in [-0.2, -0.15) is 0 Å². The van der Waals surface area contributed by atoms with Crippen molar-refractivity contribution in [2.75, 3.05) is 32.8 Å². The zero-order valence-electron chi connectivity index (χ0n) is 13.7. The first-order valence-corrected chi connectivity index (χ1v) is 8.08. The Balaban J connectivity index is 2.34. The van der Waals surface area contributed by atoms with Crippen molar-refractivity contribution in [3.05, 3.63) is 0 Å². The molecule has 0 aromatic rings. The molecular weight excluding hydrogens is 236 g/mol. The van der Waals surface area contributed by atoms with Gasteiger partial charge in [0.1, 0.15) is 0 Å². The summed E-state index contributed by atoms with van der Waals surface area (Å²) in [7, 11) is 0. The largest absolute Gasteiger partial charge is 0.380 e. The van der Waals surface area contributed by atoms with Crippen LogP contribution in [0.2, 0.25) is 0 Å². The average Bonchev–Trinajstić information content (AvgIpc) is 2.40. The zero-order valence-corrected chi connectivity index (χ0v) is 13.7. The van der Waals surface area contributed by atoms with Crippen LogP contribution in [0.4, 0.5) is 0 Å². The van der Waals surface area contributed by atoms with Crippen molar-refractivity contribution in [1.29, 1.82) is 0 Å². The van der Waals surface area contributed by atoms with E-state index in [0.29, 0.717) is 11.6 Å². The maximum absolute atomic E-state index is 5.79. The minimum absolute atomic E-state index is 0.299. The molecule has 2 unspecified atom stereocenters.